The number of amides is 1. The van der Waals surface area contributed by atoms with E-state index in [-0.39, 0.29) is 12.7 Å². The van der Waals surface area contributed by atoms with Crippen LogP contribution in [0.4, 0.5) is 0 Å². The van der Waals surface area contributed by atoms with Crippen LogP contribution in [0.25, 0.3) is 0 Å². The standard InChI is InChI=1S/C14H22N2O3/c1-2-3-12(17)9-16-8-11-4-6-13(7-5-11)19-10-14(15)18/h4-7,12,16-17H,2-3,8-10H2,1H3,(H2,15,18). The van der Waals surface area contributed by atoms with Crippen LogP contribution in [-0.4, -0.2) is 30.3 Å². The number of nitrogens with one attached hydrogen (secondary N) is 1. The number of nitrogens with two attached hydrogens (primary N) is 1. The lowest BCUT2D eigenvalue weighted by atomic mass is 10.2. The Balaban J connectivity index is 2.29. The third kappa shape index (κ3) is 6.79. The Hall–Kier alpha value is -1.59. The summed E-state index contributed by atoms with van der Waals surface area (Å²) < 4.78 is 5.16. The van der Waals surface area contributed by atoms with Gasteiger partial charge in [-0.2, -0.15) is 0 Å². The molecule has 5 heteroatoms. The molecule has 0 aliphatic rings. The van der Waals surface area contributed by atoms with E-state index in [0.29, 0.717) is 18.8 Å². The Morgan fingerprint density at radius 2 is 2.11 bits per heavy atom. The topological polar surface area (TPSA) is 84.6 Å². The molecule has 1 atom stereocenters. The van der Waals surface area contributed by atoms with Gasteiger partial charge in [0.2, 0.25) is 0 Å². The van der Waals surface area contributed by atoms with Crippen LogP contribution in [0.5, 0.6) is 5.75 Å². The minimum atomic E-state index is -0.490. The third-order valence-electron chi connectivity index (χ3n) is 2.64. The molecule has 0 saturated heterocycles. The molecule has 0 spiro atoms. The maximum absolute atomic E-state index is 10.6. The van der Waals surface area contributed by atoms with E-state index in [1.165, 1.54) is 0 Å². The second kappa shape index (κ2) is 8.50. The zero-order chi connectivity index (χ0) is 14.1. The Morgan fingerprint density at radius 3 is 2.68 bits per heavy atom. The maximum Gasteiger partial charge on any atom is 0.255 e. The smallest absolute Gasteiger partial charge is 0.255 e. The van der Waals surface area contributed by atoms with E-state index in [9.17, 15) is 9.90 Å². The number of aliphatic hydroxyl groups excluding tert-OH is 1. The number of ether oxygens (including phenoxy) is 1. The molecule has 0 radical (unpaired) electrons. The van der Waals surface area contributed by atoms with Gasteiger partial charge in [0, 0.05) is 13.1 Å². The summed E-state index contributed by atoms with van der Waals surface area (Å²) >= 11 is 0. The van der Waals surface area contributed by atoms with Gasteiger partial charge in [0.1, 0.15) is 5.75 Å². The van der Waals surface area contributed by atoms with Crippen molar-refractivity contribution in [1.29, 1.82) is 0 Å². The number of benzene rings is 1. The summed E-state index contributed by atoms with van der Waals surface area (Å²) in [5, 5.41) is 12.8. The largest absolute Gasteiger partial charge is 0.484 e. The van der Waals surface area contributed by atoms with E-state index in [2.05, 4.69) is 5.32 Å². The summed E-state index contributed by atoms with van der Waals surface area (Å²) in [5.41, 5.74) is 6.08. The lowest BCUT2D eigenvalue weighted by molar-refractivity contribution is -0.119. The third-order valence-corrected chi connectivity index (χ3v) is 2.64. The van der Waals surface area contributed by atoms with Gasteiger partial charge in [0.25, 0.3) is 5.91 Å². The average Bonchev–Trinajstić information content (AvgIpc) is 2.38. The van der Waals surface area contributed by atoms with E-state index in [1.54, 1.807) is 12.1 Å². The summed E-state index contributed by atoms with van der Waals surface area (Å²) in [6, 6.07) is 7.41. The molecule has 4 N–H and O–H groups in total. The van der Waals surface area contributed by atoms with Crippen molar-refractivity contribution >= 4 is 5.91 Å². The summed E-state index contributed by atoms with van der Waals surface area (Å²) in [6.45, 7) is 3.22. The first-order chi connectivity index (χ1) is 9.11. The molecule has 0 heterocycles. The molecule has 0 fully saturated rings. The van der Waals surface area contributed by atoms with Crippen molar-refractivity contribution in [3.63, 3.8) is 0 Å². The summed E-state index contributed by atoms with van der Waals surface area (Å²) in [7, 11) is 0. The fourth-order valence-electron chi connectivity index (χ4n) is 1.68. The lowest BCUT2D eigenvalue weighted by Crippen LogP contribution is -2.26. The van der Waals surface area contributed by atoms with Gasteiger partial charge in [-0.05, 0) is 24.1 Å². The van der Waals surface area contributed by atoms with E-state index in [4.69, 9.17) is 10.5 Å². The van der Waals surface area contributed by atoms with Crippen LogP contribution in [0.15, 0.2) is 24.3 Å². The molecular formula is C14H22N2O3. The van der Waals surface area contributed by atoms with Gasteiger partial charge in [-0.25, -0.2) is 0 Å². The number of carbonyl (C=O) groups is 1. The quantitative estimate of drug-likeness (QED) is 0.617. The highest BCUT2D eigenvalue weighted by molar-refractivity contribution is 5.75. The first-order valence-electron chi connectivity index (χ1n) is 6.50. The van der Waals surface area contributed by atoms with Crippen molar-refractivity contribution in [3.05, 3.63) is 29.8 Å². The predicted molar refractivity (Wildman–Crippen MR) is 73.8 cm³/mol. The molecule has 0 aliphatic carbocycles. The van der Waals surface area contributed by atoms with Crippen molar-refractivity contribution in [1.82, 2.24) is 5.32 Å². The van der Waals surface area contributed by atoms with Gasteiger partial charge >= 0.3 is 0 Å². The van der Waals surface area contributed by atoms with Crippen molar-refractivity contribution in [2.75, 3.05) is 13.2 Å². The summed E-state index contributed by atoms with van der Waals surface area (Å²) in [5.74, 6) is 0.129. The molecule has 1 unspecified atom stereocenters. The first-order valence-corrected chi connectivity index (χ1v) is 6.50. The van der Waals surface area contributed by atoms with Gasteiger partial charge in [0.05, 0.1) is 6.10 Å². The summed E-state index contributed by atoms with van der Waals surface area (Å²) in [4.78, 5) is 10.6. The molecule has 19 heavy (non-hydrogen) atoms. The molecule has 1 amide bonds. The van der Waals surface area contributed by atoms with Crippen LogP contribution >= 0.6 is 0 Å². The van der Waals surface area contributed by atoms with Gasteiger partial charge in [-0.3, -0.25) is 4.79 Å². The fraction of sp³-hybridized carbons (Fsp3) is 0.500. The second-order valence-electron chi connectivity index (χ2n) is 4.47. The van der Waals surface area contributed by atoms with Gasteiger partial charge in [0.15, 0.2) is 6.61 Å². The van der Waals surface area contributed by atoms with E-state index in [0.717, 1.165) is 18.4 Å². The Labute approximate surface area is 113 Å². The molecular weight excluding hydrogens is 244 g/mol. The highest BCUT2D eigenvalue weighted by Gasteiger charge is 2.02. The highest BCUT2D eigenvalue weighted by Crippen LogP contribution is 2.11. The van der Waals surface area contributed by atoms with Gasteiger partial charge < -0.3 is 20.9 Å². The number of aliphatic hydroxyl groups is 1. The minimum Gasteiger partial charge on any atom is -0.484 e. The molecule has 106 valence electrons. The van der Waals surface area contributed by atoms with Crippen LogP contribution < -0.4 is 15.8 Å². The van der Waals surface area contributed by atoms with Crippen molar-refractivity contribution in [2.24, 2.45) is 5.73 Å². The van der Waals surface area contributed by atoms with Crippen LogP contribution in [0, 0.1) is 0 Å². The molecule has 1 aromatic rings. The normalized spacial score (nSPS) is 12.1. The molecule has 0 saturated carbocycles. The van der Waals surface area contributed by atoms with E-state index >= 15 is 0 Å². The van der Waals surface area contributed by atoms with Crippen molar-refractivity contribution in [2.45, 2.75) is 32.4 Å². The van der Waals surface area contributed by atoms with Gasteiger partial charge in [-0.1, -0.05) is 25.5 Å². The summed E-state index contributed by atoms with van der Waals surface area (Å²) in [6.07, 6.45) is 1.50. The van der Waals surface area contributed by atoms with Crippen LogP contribution in [-0.2, 0) is 11.3 Å². The number of rotatable bonds is 9. The number of carbonyl (C=O) groups excluding carboxylic acids is 1. The number of primary amides is 1. The molecule has 0 bridgehead atoms. The second-order valence-corrected chi connectivity index (χ2v) is 4.47. The zero-order valence-corrected chi connectivity index (χ0v) is 11.3. The monoisotopic (exact) mass is 266 g/mol. The molecule has 0 aromatic heterocycles. The minimum absolute atomic E-state index is 0.110. The highest BCUT2D eigenvalue weighted by atomic mass is 16.5. The first kappa shape index (κ1) is 15.5. The lowest BCUT2D eigenvalue weighted by Gasteiger charge is -2.11. The van der Waals surface area contributed by atoms with Crippen LogP contribution in [0.3, 0.4) is 0 Å². The van der Waals surface area contributed by atoms with Crippen molar-refractivity contribution < 1.29 is 14.6 Å². The zero-order valence-electron chi connectivity index (χ0n) is 11.3. The Kier molecular flexibility index (Phi) is 6.92. The molecule has 1 rings (SSSR count). The average molecular weight is 266 g/mol. The van der Waals surface area contributed by atoms with Crippen LogP contribution in [0.2, 0.25) is 0 Å². The predicted octanol–water partition coefficient (Wildman–Crippen LogP) is 0.801. The van der Waals surface area contributed by atoms with Crippen molar-refractivity contribution in [3.8, 4) is 5.75 Å². The van der Waals surface area contributed by atoms with E-state index < -0.39 is 5.91 Å². The molecule has 0 aliphatic heterocycles. The Morgan fingerprint density at radius 1 is 1.42 bits per heavy atom. The maximum atomic E-state index is 10.6. The Bertz CT molecular complexity index is 379. The van der Waals surface area contributed by atoms with Crippen LogP contribution in [0.1, 0.15) is 25.3 Å². The SMILES string of the molecule is CCCC(O)CNCc1ccc(OCC(N)=O)cc1. The number of hydrogen-bond acceptors (Lipinski definition) is 4. The number of hydrogen-bond donors (Lipinski definition) is 3. The van der Waals surface area contributed by atoms with Gasteiger partial charge in [-0.15, -0.1) is 0 Å². The fourth-order valence-corrected chi connectivity index (χ4v) is 1.68. The molecule has 5 nitrogen and oxygen atoms in total. The van der Waals surface area contributed by atoms with E-state index in [1.807, 2.05) is 19.1 Å². The molecule has 1 aromatic carbocycles.